The molecule has 108 valence electrons. The number of hydrogen-bond donors (Lipinski definition) is 1. The first kappa shape index (κ1) is 13.6. The lowest BCUT2D eigenvalue weighted by Gasteiger charge is -2.17. The third kappa shape index (κ3) is 2.28. The summed E-state index contributed by atoms with van der Waals surface area (Å²) in [5.74, 6) is -0.120. The van der Waals surface area contributed by atoms with E-state index in [1.54, 1.807) is 31.5 Å². The van der Waals surface area contributed by atoms with Crippen LogP contribution in [0.15, 0.2) is 53.1 Å². The molecular formula is C17H16FNO2. The second kappa shape index (κ2) is 5.58. The van der Waals surface area contributed by atoms with Gasteiger partial charge < -0.3 is 14.5 Å². The summed E-state index contributed by atoms with van der Waals surface area (Å²) >= 11 is 0. The Balaban J connectivity index is 2.15. The van der Waals surface area contributed by atoms with Gasteiger partial charge in [0.15, 0.2) is 11.6 Å². The largest absolute Gasteiger partial charge is 0.494 e. The number of hydrogen-bond acceptors (Lipinski definition) is 3. The number of fused-ring (bicyclic) bond motifs is 1. The predicted octanol–water partition coefficient (Wildman–Crippen LogP) is 3.89. The number of methoxy groups -OCH3 is 1. The SMILES string of the molecule is CNC(c1cccc(OC)c1F)c1coc2ccccc12. The molecule has 3 aromatic rings. The van der Waals surface area contributed by atoms with Gasteiger partial charge in [-0.15, -0.1) is 0 Å². The number of rotatable bonds is 4. The third-order valence-corrected chi connectivity index (χ3v) is 3.63. The molecule has 1 aromatic heterocycles. The van der Waals surface area contributed by atoms with E-state index in [0.29, 0.717) is 5.56 Å². The molecule has 1 unspecified atom stereocenters. The van der Waals surface area contributed by atoms with Gasteiger partial charge in [-0.1, -0.05) is 30.3 Å². The molecule has 21 heavy (non-hydrogen) atoms. The minimum absolute atomic E-state index is 0.237. The lowest BCUT2D eigenvalue weighted by Crippen LogP contribution is -2.18. The molecule has 0 fully saturated rings. The fraction of sp³-hybridized carbons (Fsp3) is 0.176. The van der Waals surface area contributed by atoms with Crippen LogP contribution in [0.2, 0.25) is 0 Å². The molecule has 0 saturated heterocycles. The second-order valence-electron chi connectivity index (χ2n) is 4.77. The highest BCUT2D eigenvalue weighted by molar-refractivity contribution is 5.82. The zero-order valence-corrected chi connectivity index (χ0v) is 11.9. The highest BCUT2D eigenvalue weighted by Crippen LogP contribution is 2.33. The fourth-order valence-electron chi connectivity index (χ4n) is 2.61. The lowest BCUT2D eigenvalue weighted by molar-refractivity contribution is 0.382. The van der Waals surface area contributed by atoms with Gasteiger partial charge in [0.2, 0.25) is 0 Å². The fourth-order valence-corrected chi connectivity index (χ4v) is 2.61. The molecule has 3 nitrogen and oxygen atoms in total. The summed E-state index contributed by atoms with van der Waals surface area (Å²) in [6.45, 7) is 0. The van der Waals surface area contributed by atoms with Gasteiger partial charge in [-0.2, -0.15) is 0 Å². The Hall–Kier alpha value is -2.33. The second-order valence-corrected chi connectivity index (χ2v) is 4.77. The topological polar surface area (TPSA) is 34.4 Å². The highest BCUT2D eigenvalue weighted by Gasteiger charge is 2.22. The first-order chi connectivity index (χ1) is 10.3. The van der Waals surface area contributed by atoms with Crippen LogP contribution in [0.25, 0.3) is 11.0 Å². The number of halogens is 1. The minimum atomic E-state index is -0.357. The van der Waals surface area contributed by atoms with Gasteiger partial charge in [0.05, 0.1) is 19.4 Å². The first-order valence-electron chi connectivity index (χ1n) is 6.72. The van der Waals surface area contributed by atoms with Crippen LogP contribution in [0.1, 0.15) is 17.2 Å². The molecule has 0 radical (unpaired) electrons. The number of ether oxygens (including phenoxy) is 1. The van der Waals surface area contributed by atoms with E-state index in [4.69, 9.17) is 9.15 Å². The van der Waals surface area contributed by atoms with Crippen LogP contribution in [0.3, 0.4) is 0 Å². The zero-order chi connectivity index (χ0) is 14.8. The molecule has 0 aliphatic heterocycles. The van der Waals surface area contributed by atoms with Gasteiger partial charge in [0, 0.05) is 16.5 Å². The van der Waals surface area contributed by atoms with Crippen molar-refractivity contribution in [3.05, 3.63) is 65.7 Å². The molecule has 0 aliphatic rings. The third-order valence-electron chi connectivity index (χ3n) is 3.63. The van der Waals surface area contributed by atoms with Crippen LogP contribution in [0.5, 0.6) is 5.75 Å². The normalized spacial score (nSPS) is 12.5. The van der Waals surface area contributed by atoms with E-state index >= 15 is 0 Å². The van der Waals surface area contributed by atoms with Crippen LogP contribution >= 0.6 is 0 Å². The number of benzene rings is 2. The Bertz CT molecular complexity index is 766. The summed E-state index contributed by atoms with van der Waals surface area (Å²) in [6, 6.07) is 12.6. The van der Waals surface area contributed by atoms with E-state index in [2.05, 4.69) is 5.32 Å². The predicted molar refractivity (Wildman–Crippen MR) is 80.1 cm³/mol. The van der Waals surface area contributed by atoms with Crippen molar-refractivity contribution in [3.8, 4) is 5.75 Å². The summed E-state index contributed by atoms with van der Waals surface area (Å²) < 4.78 is 25.1. The Labute approximate surface area is 122 Å². The molecule has 4 heteroatoms. The van der Waals surface area contributed by atoms with Gasteiger partial charge in [0.1, 0.15) is 5.58 Å². The molecule has 2 aromatic carbocycles. The Morgan fingerprint density at radius 3 is 2.67 bits per heavy atom. The van der Waals surface area contributed by atoms with E-state index in [9.17, 15) is 4.39 Å². The van der Waals surface area contributed by atoms with Gasteiger partial charge in [-0.3, -0.25) is 0 Å². The van der Waals surface area contributed by atoms with E-state index in [1.165, 1.54) is 7.11 Å². The summed E-state index contributed by atoms with van der Waals surface area (Å²) in [5, 5.41) is 4.12. The van der Waals surface area contributed by atoms with E-state index in [1.807, 2.05) is 24.3 Å². The zero-order valence-electron chi connectivity index (χ0n) is 11.9. The average Bonchev–Trinajstić information content (AvgIpc) is 2.94. The van der Waals surface area contributed by atoms with Crippen molar-refractivity contribution in [1.29, 1.82) is 0 Å². The molecule has 1 atom stereocenters. The summed E-state index contributed by atoms with van der Waals surface area (Å²) in [7, 11) is 3.26. The summed E-state index contributed by atoms with van der Waals surface area (Å²) in [4.78, 5) is 0. The first-order valence-corrected chi connectivity index (χ1v) is 6.72. The average molecular weight is 285 g/mol. The van der Waals surface area contributed by atoms with Crippen molar-refractivity contribution in [2.24, 2.45) is 0 Å². The van der Waals surface area contributed by atoms with Crippen molar-refractivity contribution < 1.29 is 13.5 Å². The quantitative estimate of drug-likeness (QED) is 0.789. The summed E-state index contributed by atoms with van der Waals surface area (Å²) in [6.07, 6.45) is 1.67. The van der Waals surface area contributed by atoms with Crippen molar-refractivity contribution in [1.82, 2.24) is 5.32 Å². The number of furan rings is 1. The molecule has 1 heterocycles. The maximum absolute atomic E-state index is 14.5. The van der Waals surface area contributed by atoms with Crippen molar-refractivity contribution in [2.45, 2.75) is 6.04 Å². The molecule has 0 amide bonds. The van der Waals surface area contributed by atoms with E-state index < -0.39 is 0 Å². The minimum Gasteiger partial charge on any atom is -0.494 e. The molecule has 0 aliphatic carbocycles. The smallest absolute Gasteiger partial charge is 0.170 e. The van der Waals surface area contributed by atoms with Crippen molar-refractivity contribution in [3.63, 3.8) is 0 Å². The molecule has 3 rings (SSSR count). The maximum atomic E-state index is 14.5. The van der Waals surface area contributed by atoms with Gasteiger partial charge >= 0.3 is 0 Å². The van der Waals surface area contributed by atoms with Gasteiger partial charge in [-0.05, 0) is 19.2 Å². The molecular weight excluding hydrogens is 269 g/mol. The lowest BCUT2D eigenvalue weighted by atomic mass is 9.97. The van der Waals surface area contributed by atoms with Crippen LogP contribution in [-0.4, -0.2) is 14.2 Å². The number of para-hydroxylation sites is 1. The Morgan fingerprint density at radius 2 is 1.90 bits per heavy atom. The van der Waals surface area contributed by atoms with E-state index in [0.717, 1.165) is 16.5 Å². The van der Waals surface area contributed by atoms with Gasteiger partial charge in [-0.25, -0.2) is 4.39 Å². The molecule has 0 spiro atoms. The van der Waals surface area contributed by atoms with E-state index in [-0.39, 0.29) is 17.6 Å². The van der Waals surface area contributed by atoms with Crippen LogP contribution < -0.4 is 10.1 Å². The Kier molecular flexibility index (Phi) is 3.62. The highest BCUT2D eigenvalue weighted by atomic mass is 19.1. The molecule has 0 bridgehead atoms. The van der Waals surface area contributed by atoms with Crippen LogP contribution in [-0.2, 0) is 0 Å². The van der Waals surface area contributed by atoms with Crippen LogP contribution in [0, 0.1) is 5.82 Å². The van der Waals surface area contributed by atoms with Crippen molar-refractivity contribution >= 4 is 11.0 Å². The van der Waals surface area contributed by atoms with Crippen LogP contribution in [0.4, 0.5) is 4.39 Å². The maximum Gasteiger partial charge on any atom is 0.170 e. The van der Waals surface area contributed by atoms with Gasteiger partial charge in [0.25, 0.3) is 0 Å². The summed E-state index contributed by atoms with van der Waals surface area (Å²) in [5.41, 5.74) is 2.22. The monoisotopic (exact) mass is 285 g/mol. The Morgan fingerprint density at radius 1 is 1.10 bits per heavy atom. The standard InChI is InChI=1S/C17H16FNO2/c1-19-17(12-7-5-9-15(20-2)16(12)18)13-10-21-14-8-4-3-6-11(13)14/h3-10,17,19H,1-2H3. The molecule has 0 saturated carbocycles. The van der Waals surface area contributed by atoms with Crippen molar-refractivity contribution in [2.75, 3.05) is 14.2 Å². The number of nitrogens with one attached hydrogen (secondary N) is 1. The molecule has 1 N–H and O–H groups in total.